The van der Waals surface area contributed by atoms with Crippen molar-refractivity contribution in [1.29, 1.82) is 0 Å². The summed E-state index contributed by atoms with van der Waals surface area (Å²) in [5.74, 6) is 0.743. The summed E-state index contributed by atoms with van der Waals surface area (Å²) < 4.78 is 10.8. The van der Waals surface area contributed by atoms with E-state index in [9.17, 15) is 5.11 Å². The first-order chi connectivity index (χ1) is 9.63. The van der Waals surface area contributed by atoms with Crippen molar-refractivity contribution in [2.45, 2.75) is 31.9 Å². The zero-order valence-corrected chi connectivity index (χ0v) is 12.6. The van der Waals surface area contributed by atoms with Crippen molar-refractivity contribution in [2.24, 2.45) is 0 Å². The van der Waals surface area contributed by atoms with E-state index in [2.05, 4.69) is 18.7 Å². The smallest absolute Gasteiger partial charge is 0.124 e. The van der Waals surface area contributed by atoms with Crippen LogP contribution in [0.3, 0.4) is 0 Å². The normalized spacial score (nSPS) is 21.2. The van der Waals surface area contributed by atoms with E-state index < -0.39 is 6.10 Å². The summed E-state index contributed by atoms with van der Waals surface area (Å²) in [5, 5.41) is 10.9. The Morgan fingerprint density at radius 3 is 2.60 bits per heavy atom. The third-order valence-electron chi connectivity index (χ3n) is 4.47. The van der Waals surface area contributed by atoms with Gasteiger partial charge in [0.1, 0.15) is 11.9 Å². The van der Waals surface area contributed by atoms with Gasteiger partial charge in [-0.15, -0.1) is 0 Å². The second-order valence-corrected chi connectivity index (χ2v) is 5.45. The summed E-state index contributed by atoms with van der Waals surface area (Å²) in [6.45, 7) is 7.42. The zero-order chi connectivity index (χ0) is 14.6. The lowest BCUT2D eigenvalue weighted by Gasteiger charge is -2.46. The maximum absolute atomic E-state index is 10.9. The SMILES string of the molecule is CCC(C)(C(O)c1ccccc1OC)N1CCOCC1. The lowest BCUT2D eigenvalue weighted by molar-refractivity contribution is -0.0739. The lowest BCUT2D eigenvalue weighted by atomic mass is 9.84. The minimum absolute atomic E-state index is 0.307. The molecule has 0 saturated carbocycles. The number of rotatable bonds is 5. The molecule has 0 spiro atoms. The number of para-hydroxylation sites is 1. The fourth-order valence-corrected chi connectivity index (χ4v) is 2.89. The molecule has 1 N–H and O–H groups in total. The minimum Gasteiger partial charge on any atom is -0.496 e. The molecule has 20 heavy (non-hydrogen) atoms. The van der Waals surface area contributed by atoms with Gasteiger partial charge in [0.2, 0.25) is 0 Å². The molecule has 1 aromatic rings. The van der Waals surface area contributed by atoms with Crippen LogP contribution in [0.4, 0.5) is 0 Å². The summed E-state index contributed by atoms with van der Waals surface area (Å²) in [5.41, 5.74) is 0.546. The maximum atomic E-state index is 10.9. The van der Waals surface area contributed by atoms with Crippen LogP contribution >= 0.6 is 0 Å². The fraction of sp³-hybridized carbons (Fsp3) is 0.625. The van der Waals surface area contributed by atoms with E-state index in [0.29, 0.717) is 0 Å². The number of methoxy groups -OCH3 is 1. The Labute approximate surface area is 121 Å². The molecular weight excluding hydrogens is 254 g/mol. The number of benzene rings is 1. The number of aliphatic hydroxyl groups excluding tert-OH is 1. The Morgan fingerprint density at radius 2 is 2.00 bits per heavy atom. The van der Waals surface area contributed by atoms with Crippen LogP contribution in [-0.4, -0.2) is 49.0 Å². The van der Waals surface area contributed by atoms with Gasteiger partial charge in [-0.25, -0.2) is 0 Å². The predicted molar refractivity (Wildman–Crippen MR) is 79.0 cm³/mol. The molecule has 1 saturated heterocycles. The minimum atomic E-state index is -0.582. The zero-order valence-electron chi connectivity index (χ0n) is 12.6. The van der Waals surface area contributed by atoms with Crippen molar-refractivity contribution < 1.29 is 14.6 Å². The van der Waals surface area contributed by atoms with Crippen molar-refractivity contribution in [3.63, 3.8) is 0 Å². The van der Waals surface area contributed by atoms with E-state index in [4.69, 9.17) is 9.47 Å². The van der Waals surface area contributed by atoms with Gasteiger partial charge in [0.15, 0.2) is 0 Å². The van der Waals surface area contributed by atoms with Gasteiger partial charge in [-0.3, -0.25) is 4.90 Å². The van der Waals surface area contributed by atoms with Gasteiger partial charge in [0.25, 0.3) is 0 Å². The molecule has 1 aliphatic rings. The Bertz CT molecular complexity index is 431. The molecule has 1 fully saturated rings. The van der Waals surface area contributed by atoms with Crippen molar-refractivity contribution in [2.75, 3.05) is 33.4 Å². The van der Waals surface area contributed by atoms with Gasteiger partial charge in [0, 0.05) is 24.2 Å². The molecule has 2 unspecified atom stereocenters. The Kier molecular flexibility index (Phi) is 5.02. The maximum Gasteiger partial charge on any atom is 0.124 e. The average molecular weight is 279 g/mol. The summed E-state index contributed by atoms with van der Waals surface area (Å²) in [6, 6.07) is 7.70. The fourth-order valence-electron chi connectivity index (χ4n) is 2.89. The van der Waals surface area contributed by atoms with Crippen LogP contribution in [-0.2, 0) is 4.74 Å². The molecule has 0 bridgehead atoms. The molecule has 4 heteroatoms. The van der Waals surface area contributed by atoms with Gasteiger partial charge in [-0.1, -0.05) is 25.1 Å². The van der Waals surface area contributed by atoms with Gasteiger partial charge in [-0.2, -0.15) is 0 Å². The first-order valence-electron chi connectivity index (χ1n) is 7.27. The van der Waals surface area contributed by atoms with Crippen LogP contribution in [0.1, 0.15) is 31.9 Å². The first kappa shape index (κ1) is 15.3. The van der Waals surface area contributed by atoms with Crippen LogP contribution < -0.4 is 4.74 Å². The summed E-state index contributed by atoms with van der Waals surface area (Å²) in [4.78, 5) is 2.33. The Balaban J connectivity index is 2.29. The van der Waals surface area contributed by atoms with E-state index in [1.807, 2.05) is 24.3 Å². The molecule has 0 amide bonds. The standard InChI is InChI=1S/C16H25NO3/c1-4-16(2,17-9-11-20-12-10-17)15(18)13-7-5-6-8-14(13)19-3/h5-8,15,18H,4,9-12H2,1-3H3. The molecule has 1 aliphatic heterocycles. The molecule has 0 aliphatic carbocycles. The molecule has 2 atom stereocenters. The second kappa shape index (κ2) is 6.57. The van der Waals surface area contributed by atoms with Crippen molar-refractivity contribution in [3.8, 4) is 5.75 Å². The van der Waals surface area contributed by atoms with Crippen LogP contribution in [0, 0.1) is 0 Å². The molecule has 1 aromatic carbocycles. The Hall–Kier alpha value is -1.10. The Morgan fingerprint density at radius 1 is 1.35 bits per heavy atom. The van der Waals surface area contributed by atoms with Crippen molar-refractivity contribution in [3.05, 3.63) is 29.8 Å². The third-order valence-corrected chi connectivity index (χ3v) is 4.47. The second-order valence-electron chi connectivity index (χ2n) is 5.45. The molecule has 1 heterocycles. The number of hydrogen-bond acceptors (Lipinski definition) is 4. The predicted octanol–water partition coefficient (Wildman–Crippen LogP) is 2.23. The van der Waals surface area contributed by atoms with Gasteiger partial charge in [0.05, 0.1) is 20.3 Å². The third kappa shape index (κ3) is 2.82. The van der Waals surface area contributed by atoms with Crippen LogP contribution in [0.2, 0.25) is 0 Å². The van der Waals surface area contributed by atoms with Crippen molar-refractivity contribution in [1.82, 2.24) is 4.90 Å². The average Bonchev–Trinajstić information content (AvgIpc) is 2.54. The molecular formula is C16H25NO3. The number of nitrogens with zero attached hydrogens (tertiary/aromatic N) is 1. The quantitative estimate of drug-likeness (QED) is 0.897. The lowest BCUT2D eigenvalue weighted by Crippen LogP contribution is -2.54. The summed E-state index contributed by atoms with van der Waals surface area (Å²) >= 11 is 0. The topological polar surface area (TPSA) is 41.9 Å². The highest BCUT2D eigenvalue weighted by atomic mass is 16.5. The van der Waals surface area contributed by atoms with Crippen molar-refractivity contribution >= 4 is 0 Å². The molecule has 2 rings (SSSR count). The number of morpholine rings is 1. The first-order valence-corrected chi connectivity index (χ1v) is 7.27. The number of aliphatic hydroxyl groups is 1. The molecule has 4 nitrogen and oxygen atoms in total. The highest BCUT2D eigenvalue weighted by molar-refractivity contribution is 5.36. The largest absolute Gasteiger partial charge is 0.496 e. The van der Waals surface area contributed by atoms with Gasteiger partial charge in [-0.05, 0) is 19.4 Å². The van der Waals surface area contributed by atoms with E-state index >= 15 is 0 Å². The van der Waals surface area contributed by atoms with E-state index in [0.717, 1.165) is 44.0 Å². The number of hydrogen-bond donors (Lipinski definition) is 1. The van der Waals surface area contributed by atoms with Crippen LogP contribution in [0.15, 0.2) is 24.3 Å². The van der Waals surface area contributed by atoms with E-state index in [1.54, 1.807) is 7.11 Å². The molecule has 0 aromatic heterocycles. The van der Waals surface area contributed by atoms with E-state index in [-0.39, 0.29) is 5.54 Å². The highest BCUT2D eigenvalue weighted by Gasteiger charge is 2.39. The van der Waals surface area contributed by atoms with Crippen LogP contribution in [0.25, 0.3) is 0 Å². The highest BCUT2D eigenvalue weighted by Crippen LogP contribution is 2.38. The summed E-state index contributed by atoms with van der Waals surface area (Å²) in [7, 11) is 1.64. The van der Waals surface area contributed by atoms with Gasteiger partial charge >= 0.3 is 0 Å². The molecule has 112 valence electrons. The molecule has 0 radical (unpaired) electrons. The monoisotopic (exact) mass is 279 g/mol. The van der Waals surface area contributed by atoms with E-state index in [1.165, 1.54) is 0 Å². The summed E-state index contributed by atoms with van der Waals surface area (Å²) in [6.07, 6.45) is 0.286. The van der Waals surface area contributed by atoms with Gasteiger partial charge < -0.3 is 14.6 Å². The van der Waals surface area contributed by atoms with Crippen LogP contribution in [0.5, 0.6) is 5.75 Å². The number of ether oxygens (including phenoxy) is 2.